The Morgan fingerprint density at radius 3 is 2.79 bits per heavy atom. The van der Waals surface area contributed by atoms with E-state index in [0.29, 0.717) is 5.56 Å². The highest BCUT2D eigenvalue weighted by Gasteiger charge is 1.97. The zero-order valence-corrected chi connectivity index (χ0v) is 9.56. The smallest absolute Gasteiger partial charge is 0.100 e. The SMILES string of the molecule is Cc1ccc(C#N)c(C#CCCBr)c1. The second-order valence-electron chi connectivity index (χ2n) is 2.90. The lowest BCUT2D eigenvalue weighted by molar-refractivity contribution is 1.32. The molecule has 0 saturated carbocycles. The fourth-order valence-corrected chi connectivity index (χ4v) is 1.26. The first-order chi connectivity index (χ1) is 6.77. The lowest BCUT2D eigenvalue weighted by Crippen LogP contribution is -1.84. The fourth-order valence-electron chi connectivity index (χ4n) is 1.06. The van der Waals surface area contributed by atoms with Gasteiger partial charge in [-0.25, -0.2) is 0 Å². The molecular formula is C12H10BrN. The van der Waals surface area contributed by atoms with Gasteiger partial charge in [0.1, 0.15) is 6.07 Å². The molecule has 70 valence electrons. The van der Waals surface area contributed by atoms with E-state index in [0.717, 1.165) is 22.9 Å². The molecule has 0 amide bonds. The third-order valence-corrected chi connectivity index (χ3v) is 2.13. The summed E-state index contributed by atoms with van der Waals surface area (Å²) in [7, 11) is 0. The van der Waals surface area contributed by atoms with Crippen LogP contribution in [0.2, 0.25) is 0 Å². The molecule has 0 spiro atoms. The van der Waals surface area contributed by atoms with Crippen molar-refractivity contribution >= 4 is 15.9 Å². The quantitative estimate of drug-likeness (QED) is 0.553. The molecule has 0 aliphatic heterocycles. The zero-order chi connectivity index (χ0) is 10.4. The van der Waals surface area contributed by atoms with Gasteiger partial charge in [0.15, 0.2) is 0 Å². The highest BCUT2D eigenvalue weighted by atomic mass is 79.9. The van der Waals surface area contributed by atoms with Crippen LogP contribution in [0.4, 0.5) is 0 Å². The predicted molar refractivity (Wildman–Crippen MR) is 61.2 cm³/mol. The molecule has 0 unspecified atom stereocenters. The highest BCUT2D eigenvalue weighted by Crippen LogP contribution is 2.09. The minimum Gasteiger partial charge on any atom is -0.192 e. The summed E-state index contributed by atoms with van der Waals surface area (Å²) in [5.41, 5.74) is 2.61. The Hall–Kier alpha value is -1.25. The van der Waals surface area contributed by atoms with E-state index in [4.69, 9.17) is 5.26 Å². The van der Waals surface area contributed by atoms with Gasteiger partial charge in [-0.1, -0.05) is 33.8 Å². The Bertz CT molecular complexity index is 418. The molecule has 1 aromatic carbocycles. The van der Waals surface area contributed by atoms with Crippen LogP contribution in [0.25, 0.3) is 0 Å². The van der Waals surface area contributed by atoms with E-state index in [1.807, 2.05) is 25.1 Å². The monoisotopic (exact) mass is 247 g/mol. The van der Waals surface area contributed by atoms with Crippen LogP contribution in [0.1, 0.15) is 23.1 Å². The molecular weight excluding hydrogens is 238 g/mol. The van der Waals surface area contributed by atoms with Crippen LogP contribution in [-0.2, 0) is 0 Å². The lowest BCUT2D eigenvalue weighted by atomic mass is 10.1. The van der Waals surface area contributed by atoms with E-state index in [2.05, 4.69) is 33.8 Å². The van der Waals surface area contributed by atoms with Crippen molar-refractivity contribution in [2.45, 2.75) is 13.3 Å². The van der Waals surface area contributed by atoms with Crippen molar-refractivity contribution in [2.24, 2.45) is 0 Å². The summed E-state index contributed by atoms with van der Waals surface area (Å²) in [5.74, 6) is 6.01. The summed E-state index contributed by atoms with van der Waals surface area (Å²) in [6.45, 7) is 2.00. The molecule has 0 aliphatic carbocycles. The number of alkyl halides is 1. The Balaban J connectivity index is 3.02. The van der Waals surface area contributed by atoms with Crippen LogP contribution in [0.3, 0.4) is 0 Å². The van der Waals surface area contributed by atoms with Gasteiger partial charge in [-0.15, -0.1) is 0 Å². The van der Waals surface area contributed by atoms with Crippen molar-refractivity contribution in [1.29, 1.82) is 5.26 Å². The number of halogens is 1. The lowest BCUT2D eigenvalue weighted by Gasteiger charge is -1.96. The van der Waals surface area contributed by atoms with Crippen LogP contribution < -0.4 is 0 Å². The Morgan fingerprint density at radius 1 is 1.36 bits per heavy atom. The minimum absolute atomic E-state index is 0.651. The van der Waals surface area contributed by atoms with Gasteiger partial charge < -0.3 is 0 Å². The first kappa shape index (κ1) is 10.8. The highest BCUT2D eigenvalue weighted by molar-refractivity contribution is 9.09. The average Bonchev–Trinajstić information content (AvgIpc) is 2.19. The van der Waals surface area contributed by atoms with E-state index in [9.17, 15) is 0 Å². The Kier molecular flexibility index (Phi) is 4.23. The molecule has 0 N–H and O–H groups in total. The average molecular weight is 248 g/mol. The van der Waals surface area contributed by atoms with E-state index >= 15 is 0 Å². The summed E-state index contributed by atoms with van der Waals surface area (Å²) >= 11 is 3.31. The predicted octanol–water partition coefficient (Wildman–Crippen LogP) is 3.00. The zero-order valence-electron chi connectivity index (χ0n) is 7.97. The molecule has 0 fully saturated rings. The Morgan fingerprint density at radius 2 is 2.14 bits per heavy atom. The second kappa shape index (κ2) is 5.47. The summed E-state index contributed by atoms with van der Waals surface area (Å²) in [6.07, 6.45) is 0.804. The molecule has 0 aromatic heterocycles. The Labute approximate surface area is 92.9 Å². The van der Waals surface area contributed by atoms with Crippen molar-refractivity contribution in [1.82, 2.24) is 0 Å². The number of rotatable bonds is 1. The summed E-state index contributed by atoms with van der Waals surface area (Å²) in [5, 5.41) is 9.71. The molecule has 0 aliphatic rings. The maximum Gasteiger partial charge on any atom is 0.100 e. The largest absolute Gasteiger partial charge is 0.192 e. The molecule has 1 aromatic rings. The maximum absolute atomic E-state index is 8.84. The van der Waals surface area contributed by atoms with Gasteiger partial charge in [-0.05, 0) is 24.6 Å². The van der Waals surface area contributed by atoms with Crippen LogP contribution in [0.5, 0.6) is 0 Å². The normalized spacial score (nSPS) is 8.64. The number of benzene rings is 1. The minimum atomic E-state index is 0.651. The third kappa shape index (κ3) is 2.91. The van der Waals surface area contributed by atoms with Crippen molar-refractivity contribution in [2.75, 3.05) is 5.33 Å². The molecule has 0 heterocycles. The number of hydrogen-bond acceptors (Lipinski definition) is 1. The first-order valence-electron chi connectivity index (χ1n) is 4.33. The molecule has 0 saturated heterocycles. The fraction of sp³-hybridized carbons (Fsp3) is 0.250. The third-order valence-electron chi connectivity index (χ3n) is 1.74. The van der Waals surface area contributed by atoms with Gasteiger partial charge in [0.2, 0.25) is 0 Å². The number of hydrogen-bond donors (Lipinski definition) is 0. The van der Waals surface area contributed by atoms with Gasteiger partial charge in [0.25, 0.3) is 0 Å². The van der Waals surface area contributed by atoms with Gasteiger partial charge in [-0.3, -0.25) is 0 Å². The second-order valence-corrected chi connectivity index (χ2v) is 3.69. The molecule has 1 rings (SSSR count). The van der Waals surface area contributed by atoms with Gasteiger partial charge in [0.05, 0.1) is 5.56 Å². The van der Waals surface area contributed by atoms with Gasteiger partial charge >= 0.3 is 0 Å². The molecule has 0 radical (unpaired) electrons. The topological polar surface area (TPSA) is 23.8 Å². The molecule has 2 heteroatoms. The van der Waals surface area contributed by atoms with E-state index < -0.39 is 0 Å². The standard InChI is InChI=1S/C12H10BrN/c1-10-5-6-12(9-14)11(8-10)4-2-3-7-13/h5-6,8H,3,7H2,1H3. The first-order valence-corrected chi connectivity index (χ1v) is 5.45. The molecule has 1 nitrogen and oxygen atoms in total. The summed E-state index contributed by atoms with van der Waals surface area (Å²) < 4.78 is 0. The van der Waals surface area contributed by atoms with Crippen LogP contribution in [0, 0.1) is 30.1 Å². The van der Waals surface area contributed by atoms with Crippen LogP contribution >= 0.6 is 15.9 Å². The number of aryl methyl sites for hydroxylation is 1. The molecule has 14 heavy (non-hydrogen) atoms. The van der Waals surface area contributed by atoms with Crippen LogP contribution in [0.15, 0.2) is 18.2 Å². The van der Waals surface area contributed by atoms with Crippen molar-refractivity contribution in [3.8, 4) is 17.9 Å². The van der Waals surface area contributed by atoms with Crippen molar-refractivity contribution in [3.63, 3.8) is 0 Å². The molecule has 0 bridgehead atoms. The van der Waals surface area contributed by atoms with Gasteiger partial charge in [-0.2, -0.15) is 5.26 Å². The van der Waals surface area contributed by atoms with Crippen molar-refractivity contribution < 1.29 is 0 Å². The van der Waals surface area contributed by atoms with E-state index in [1.165, 1.54) is 0 Å². The molecule has 0 atom stereocenters. The summed E-state index contributed by atoms with van der Waals surface area (Å²) in [6, 6.07) is 7.82. The number of nitrogens with zero attached hydrogens (tertiary/aromatic N) is 1. The van der Waals surface area contributed by atoms with E-state index in [1.54, 1.807) is 0 Å². The number of nitriles is 1. The van der Waals surface area contributed by atoms with Crippen molar-refractivity contribution in [3.05, 3.63) is 34.9 Å². The van der Waals surface area contributed by atoms with E-state index in [-0.39, 0.29) is 0 Å². The van der Waals surface area contributed by atoms with Crippen LogP contribution in [-0.4, -0.2) is 5.33 Å². The van der Waals surface area contributed by atoms with Gasteiger partial charge in [0, 0.05) is 17.3 Å². The maximum atomic E-state index is 8.84. The summed E-state index contributed by atoms with van der Waals surface area (Å²) in [4.78, 5) is 0.